The number of hydrogen-bond donors (Lipinski definition) is 2. The van der Waals surface area contributed by atoms with Gasteiger partial charge >= 0.3 is 0 Å². The molecule has 2 saturated heterocycles. The van der Waals surface area contributed by atoms with Gasteiger partial charge in [0, 0.05) is 30.5 Å². The third kappa shape index (κ3) is 3.74. The van der Waals surface area contributed by atoms with Gasteiger partial charge < -0.3 is 10.6 Å². The van der Waals surface area contributed by atoms with Crippen LogP contribution in [0.3, 0.4) is 0 Å². The minimum absolute atomic E-state index is 0.00346. The molecule has 1 saturated carbocycles. The lowest BCUT2D eigenvalue weighted by Crippen LogP contribution is -2.42. The van der Waals surface area contributed by atoms with E-state index in [1.165, 1.54) is 31.2 Å². The summed E-state index contributed by atoms with van der Waals surface area (Å²) in [5.74, 6) is 0.533. The number of benzene rings is 1. The van der Waals surface area contributed by atoms with Crippen LogP contribution in [0.25, 0.3) is 0 Å². The number of rotatable bonds is 5. The maximum absolute atomic E-state index is 13.3. The van der Waals surface area contributed by atoms with Crippen LogP contribution in [0, 0.1) is 11.7 Å². The van der Waals surface area contributed by atoms with E-state index in [1.807, 2.05) is 12.1 Å². The number of piperidine rings is 1. The smallest absolute Gasteiger partial charge is 0.220 e. The summed E-state index contributed by atoms with van der Waals surface area (Å²) in [7, 11) is 0. The van der Waals surface area contributed by atoms with Gasteiger partial charge in [-0.1, -0.05) is 25.0 Å². The van der Waals surface area contributed by atoms with Gasteiger partial charge in [0.1, 0.15) is 5.82 Å². The van der Waals surface area contributed by atoms with Crippen molar-refractivity contribution in [1.29, 1.82) is 0 Å². The molecular weight excluding hydrogens is 315 g/mol. The van der Waals surface area contributed by atoms with E-state index in [9.17, 15) is 9.18 Å². The third-order valence-corrected chi connectivity index (χ3v) is 6.69. The summed E-state index contributed by atoms with van der Waals surface area (Å²) in [6.45, 7) is 0.690. The summed E-state index contributed by atoms with van der Waals surface area (Å²) < 4.78 is 13.3. The number of hydrogen-bond acceptors (Lipinski definition) is 2. The van der Waals surface area contributed by atoms with Crippen LogP contribution in [-0.4, -0.2) is 24.5 Å². The predicted octanol–water partition coefficient (Wildman–Crippen LogP) is 3.67. The lowest BCUT2D eigenvalue weighted by molar-refractivity contribution is -0.122. The Morgan fingerprint density at radius 3 is 2.40 bits per heavy atom. The van der Waals surface area contributed by atoms with Crippen LogP contribution in [0.2, 0.25) is 0 Å². The third-order valence-electron chi connectivity index (χ3n) is 6.69. The Labute approximate surface area is 149 Å². The van der Waals surface area contributed by atoms with E-state index >= 15 is 0 Å². The molecule has 1 amide bonds. The second kappa shape index (κ2) is 7.06. The monoisotopic (exact) mass is 344 g/mol. The molecule has 3 nitrogen and oxygen atoms in total. The van der Waals surface area contributed by atoms with Crippen molar-refractivity contribution in [2.24, 2.45) is 5.92 Å². The standard InChI is InChI=1S/C21H29FN2O/c22-17-5-3-16(4-6-17)21(9-1-2-10-21)14-23-20(25)13-15-11-18-7-8-19(12-15)24-18/h3-6,15,18-19,24H,1-2,7-14H2,(H,23,25). The van der Waals surface area contributed by atoms with Crippen LogP contribution < -0.4 is 10.6 Å². The number of carbonyl (C=O) groups excluding carboxylic acids is 1. The molecule has 0 aromatic heterocycles. The summed E-state index contributed by atoms with van der Waals surface area (Å²) in [6, 6.07) is 8.16. The zero-order chi connectivity index (χ0) is 17.3. The molecule has 1 aromatic rings. The van der Waals surface area contributed by atoms with E-state index in [4.69, 9.17) is 0 Å². The largest absolute Gasteiger partial charge is 0.355 e. The minimum atomic E-state index is -0.193. The highest BCUT2D eigenvalue weighted by Crippen LogP contribution is 2.41. The van der Waals surface area contributed by atoms with Crippen LogP contribution in [-0.2, 0) is 10.2 Å². The average Bonchev–Trinajstić information content (AvgIpc) is 3.21. The first-order valence-corrected chi connectivity index (χ1v) is 9.92. The first-order valence-electron chi connectivity index (χ1n) is 9.92. The molecule has 2 heterocycles. The van der Waals surface area contributed by atoms with Gasteiger partial charge in [-0.05, 0) is 62.1 Å². The fraction of sp³-hybridized carbons (Fsp3) is 0.667. The summed E-state index contributed by atoms with van der Waals surface area (Å²) >= 11 is 0. The van der Waals surface area contributed by atoms with Crippen LogP contribution in [0.1, 0.15) is 63.4 Å². The van der Waals surface area contributed by atoms with E-state index in [1.54, 1.807) is 12.1 Å². The Bertz CT molecular complexity index is 597. The first kappa shape index (κ1) is 17.0. The number of amides is 1. The molecule has 1 aromatic carbocycles. The molecule has 25 heavy (non-hydrogen) atoms. The van der Waals surface area contributed by atoms with Gasteiger partial charge in [-0.2, -0.15) is 0 Å². The average molecular weight is 344 g/mol. The van der Waals surface area contributed by atoms with Crippen molar-refractivity contribution in [3.63, 3.8) is 0 Å². The fourth-order valence-electron chi connectivity index (χ4n) is 5.37. The Kier molecular flexibility index (Phi) is 4.81. The zero-order valence-corrected chi connectivity index (χ0v) is 14.9. The molecule has 0 radical (unpaired) electrons. The summed E-state index contributed by atoms with van der Waals surface area (Å²) in [5.41, 5.74) is 1.17. The van der Waals surface area contributed by atoms with E-state index in [0.29, 0.717) is 31.0 Å². The fourth-order valence-corrected chi connectivity index (χ4v) is 5.37. The SMILES string of the molecule is O=C(CC1CC2CCC(C1)N2)NCC1(c2ccc(F)cc2)CCCC1. The van der Waals surface area contributed by atoms with Crippen LogP contribution >= 0.6 is 0 Å². The Hall–Kier alpha value is -1.42. The zero-order valence-electron chi connectivity index (χ0n) is 14.9. The van der Waals surface area contributed by atoms with Gasteiger partial charge in [0.2, 0.25) is 5.91 Å². The normalized spacial score (nSPS) is 30.4. The lowest BCUT2D eigenvalue weighted by atomic mass is 9.78. The van der Waals surface area contributed by atoms with Gasteiger partial charge in [0.25, 0.3) is 0 Å². The Balaban J connectivity index is 1.35. The number of halogens is 1. The van der Waals surface area contributed by atoms with Crippen molar-refractivity contribution in [3.05, 3.63) is 35.6 Å². The van der Waals surface area contributed by atoms with E-state index in [-0.39, 0.29) is 17.1 Å². The van der Waals surface area contributed by atoms with Crippen molar-refractivity contribution in [3.8, 4) is 0 Å². The van der Waals surface area contributed by atoms with Gasteiger partial charge in [0.15, 0.2) is 0 Å². The summed E-state index contributed by atoms with van der Waals surface area (Å²) in [4.78, 5) is 12.5. The second-order valence-corrected chi connectivity index (χ2v) is 8.45. The molecule has 0 spiro atoms. The quantitative estimate of drug-likeness (QED) is 0.856. The van der Waals surface area contributed by atoms with Crippen LogP contribution in [0.15, 0.2) is 24.3 Å². The predicted molar refractivity (Wildman–Crippen MR) is 96.8 cm³/mol. The van der Waals surface area contributed by atoms with Crippen molar-refractivity contribution in [2.75, 3.05) is 6.54 Å². The maximum atomic E-state index is 13.3. The molecule has 4 rings (SSSR count). The number of nitrogens with one attached hydrogen (secondary N) is 2. The number of carbonyl (C=O) groups is 1. The van der Waals surface area contributed by atoms with Crippen molar-refractivity contribution >= 4 is 5.91 Å². The lowest BCUT2D eigenvalue weighted by Gasteiger charge is -2.31. The van der Waals surface area contributed by atoms with Gasteiger partial charge in [0.05, 0.1) is 0 Å². The molecule has 1 aliphatic carbocycles. The maximum Gasteiger partial charge on any atom is 0.220 e. The summed E-state index contributed by atoms with van der Waals surface area (Å²) in [6.07, 6.45) is 10.0. The first-order chi connectivity index (χ1) is 12.1. The Morgan fingerprint density at radius 2 is 1.76 bits per heavy atom. The molecule has 2 atom stereocenters. The van der Waals surface area contributed by atoms with Gasteiger partial charge in [-0.15, -0.1) is 0 Å². The molecule has 136 valence electrons. The van der Waals surface area contributed by atoms with E-state index < -0.39 is 0 Å². The molecule has 2 unspecified atom stereocenters. The highest BCUT2D eigenvalue weighted by molar-refractivity contribution is 5.76. The van der Waals surface area contributed by atoms with Crippen LogP contribution in [0.5, 0.6) is 0 Å². The van der Waals surface area contributed by atoms with Crippen molar-refractivity contribution in [1.82, 2.24) is 10.6 Å². The molecule has 2 bridgehead atoms. The minimum Gasteiger partial charge on any atom is -0.355 e. The highest BCUT2D eigenvalue weighted by atomic mass is 19.1. The van der Waals surface area contributed by atoms with Gasteiger partial charge in [-0.3, -0.25) is 4.79 Å². The van der Waals surface area contributed by atoms with E-state index in [2.05, 4.69) is 10.6 Å². The Morgan fingerprint density at radius 1 is 1.12 bits per heavy atom. The second-order valence-electron chi connectivity index (χ2n) is 8.45. The topological polar surface area (TPSA) is 41.1 Å². The van der Waals surface area contributed by atoms with Crippen molar-refractivity contribution in [2.45, 2.75) is 75.3 Å². The molecule has 2 N–H and O–H groups in total. The number of fused-ring (bicyclic) bond motifs is 2. The van der Waals surface area contributed by atoms with Crippen molar-refractivity contribution < 1.29 is 9.18 Å². The molecule has 2 aliphatic heterocycles. The van der Waals surface area contributed by atoms with Crippen LogP contribution in [0.4, 0.5) is 4.39 Å². The molecule has 3 fully saturated rings. The molecule has 4 heteroatoms. The van der Waals surface area contributed by atoms with E-state index in [0.717, 1.165) is 25.7 Å². The summed E-state index contributed by atoms with van der Waals surface area (Å²) in [5, 5.41) is 6.86. The molecule has 3 aliphatic rings. The highest BCUT2D eigenvalue weighted by Gasteiger charge is 2.37. The molecular formula is C21H29FN2O. The van der Waals surface area contributed by atoms with Gasteiger partial charge in [-0.25, -0.2) is 4.39 Å².